The summed E-state index contributed by atoms with van der Waals surface area (Å²) < 4.78 is 63.1. The fraction of sp³-hybridized carbons (Fsp3) is 0.407. The second-order valence-corrected chi connectivity index (χ2v) is 18.0. The number of ether oxygens (including phenoxy) is 5. The highest BCUT2D eigenvalue weighted by Gasteiger charge is 2.44. The summed E-state index contributed by atoms with van der Waals surface area (Å²) in [5.74, 6) is 0.701. The monoisotopic (exact) mass is 830 g/mol. The molecule has 0 N–H and O–H groups in total. The lowest BCUT2D eigenvalue weighted by atomic mass is 9.69. The van der Waals surface area contributed by atoms with Crippen molar-refractivity contribution in [3.8, 4) is 23.0 Å². The van der Waals surface area contributed by atoms with Crippen LogP contribution in [0.1, 0.15) is 80.4 Å². The van der Waals surface area contributed by atoms with E-state index in [4.69, 9.17) is 23.7 Å². The Bertz CT molecular complexity index is 2070. The molecule has 0 bridgehead atoms. The predicted octanol–water partition coefficient (Wildman–Crippen LogP) is 14.0. The van der Waals surface area contributed by atoms with Gasteiger partial charge in [-0.2, -0.15) is 0 Å². The number of halogens is 2. The molecule has 5 nitrogen and oxygen atoms in total. The van der Waals surface area contributed by atoms with Gasteiger partial charge in [-0.1, -0.05) is 127 Å². The first-order chi connectivity index (χ1) is 29.0. The zero-order valence-corrected chi connectivity index (χ0v) is 37.6. The fourth-order valence-corrected chi connectivity index (χ4v) is 8.32. The molecule has 0 amide bonds. The first kappa shape index (κ1) is 45.7. The van der Waals surface area contributed by atoms with E-state index in [1.54, 1.807) is 12.1 Å². The van der Waals surface area contributed by atoms with Gasteiger partial charge in [0.2, 0.25) is 0 Å². The Morgan fingerprint density at radius 1 is 0.574 bits per heavy atom. The van der Waals surface area contributed by atoms with E-state index in [9.17, 15) is 0 Å². The van der Waals surface area contributed by atoms with Gasteiger partial charge < -0.3 is 23.7 Å². The topological polar surface area (TPSA) is 46.2 Å². The van der Waals surface area contributed by atoms with E-state index >= 15 is 8.78 Å². The Morgan fingerprint density at radius 2 is 0.951 bits per heavy atom. The molecule has 324 valence electrons. The first-order valence-electron chi connectivity index (χ1n) is 21.8. The van der Waals surface area contributed by atoms with Gasteiger partial charge in [0.15, 0.2) is 23.1 Å². The maximum Gasteiger partial charge on any atom is 0.165 e. The van der Waals surface area contributed by atoms with E-state index in [-0.39, 0.29) is 23.3 Å². The first-order valence-corrected chi connectivity index (χ1v) is 21.8. The third kappa shape index (κ3) is 10.6. The van der Waals surface area contributed by atoms with Crippen molar-refractivity contribution < 1.29 is 32.5 Å². The third-order valence-electron chi connectivity index (χ3n) is 13.0. The van der Waals surface area contributed by atoms with Gasteiger partial charge in [-0.25, -0.2) is 8.78 Å². The molecule has 6 rings (SSSR count). The molecule has 0 aromatic heterocycles. The smallest absolute Gasteiger partial charge is 0.165 e. The molecule has 6 unspecified atom stereocenters. The maximum absolute atomic E-state index is 15.4. The van der Waals surface area contributed by atoms with E-state index in [2.05, 4.69) is 91.8 Å². The van der Waals surface area contributed by atoms with E-state index in [0.717, 1.165) is 22.3 Å². The van der Waals surface area contributed by atoms with Crippen LogP contribution in [-0.2, 0) is 27.1 Å². The third-order valence-corrected chi connectivity index (χ3v) is 13.0. The lowest BCUT2D eigenvalue weighted by molar-refractivity contribution is -0.0960. The minimum atomic E-state index is -0.552. The van der Waals surface area contributed by atoms with Crippen LogP contribution in [0.15, 0.2) is 145 Å². The molecule has 2 aliphatic rings. The number of benzene rings is 4. The van der Waals surface area contributed by atoms with Gasteiger partial charge >= 0.3 is 0 Å². The lowest BCUT2D eigenvalue weighted by Gasteiger charge is -2.46. The van der Waals surface area contributed by atoms with Crippen LogP contribution >= 0.6 is 0 Å². The number of allylic oxidation sites excluding steroid dienone is 2. The standard InChI is InChI=1S/C54H64F2O5/c1-11-57-53(9)29-27-41(31-37(53)3)51(5,6)49(35-39-23-25-45(55)47(33-39)59-43-19-15-13-16-20-43)61-50(52(7,8)42-28-30-54(10,58-12-2)38(4)32-42)36-40-24-26-46(56)48(34-40)60-44-21-17-14-18-22-44/h13-34,37-38,49-50H,11-12,35-36H2,1-10H3. The SMILES string of the molecule is CCOC1(C)C=CC(C(C)(C)C(Cc2ccc(F)c(Oc3ccccc3)c2)OC(Cc2ccc(F)c(Oc3ccccc3)c2)C(C)(C)C2=CC(C)C(C)(OCC)C=C2)=CC1C. The summed E-state index contributed by atoms with van der Waals surface area (Å²) in [6.07, 6.45) is 13.3. The van der Waals surface area contributed by atoms with Crippen LogP contribution in [-0.4, -0.2) is 36.6 Å². The van der Waals surface area contributed by atoms with E-state index in [1.807, 2.05) is 86.6 Å². The van der Waals surface area contributed by atoms with Crippen molar-refractivity contribution in [3.05, 3.63) is 167 Å². The Kier molecular flexibility index (Phi) is 14.3. The van der Waals surface area contributed by atoms with Gasteiger partial charge in [-0.05, 0) is 111 Å². The van der Waals surface area contributed by atoms with Crippen LogP contribution in [0.3, 0.4) is 0 Å². The van der Waals surface area contributed by atoms with Crippen LogP contribution in [0.2, 0.25) is 0 Å². The van der Waals surface area contributed by atoms with Crippen LogP contribution < -0.4 is 9.47 Å². The van der Waals surface area contributed by atoms with Crippen molar-refractivity contribution in [3.63, 3.8) is 0 Å². The van der Waals surface area contributed by atoms with Crippen molar-refractivity contribution in [1.82, 2.24) is 0 Å². The Balaban J connectivity index is 1.44. The Labute approximate surface area is 363 Å². The fourth-order valence-electron chi connectivity index (χ4n) is 8.32. The van der Waals surface area contributed by atoms with Gasteiger partial charge in [0.25, 0.3) is 0 Å². The largest absolute Gasteiger partial charge is 0.454 e. The van der Waals surface area contributed by atoms with Crippen molar-refractivity contribution >= 4 is 0 Å². The molecule has 0 saturated heterocycles. The van der Waals surface area contributed by atoms with Crippen molar-refractivity contribution in [2.45, 2.75) is 105 Å². The highest BCUT2D eigenvalue weighted by atomic mass is 19.1. The van der Waals surface area contributed by atoms with Crippen molar-refractivity contribution in [1.29, 1.82) is 0 Å². The molecule has 4 aromatic rings. The highest BCUT2D eigenvalue weighted by molar-refractivity contribution is 5.41. The van der Waals surface area contributed by atoms with Gasteiger partial charge in [0.1, 0.15) is 11.5 Å². The van der Waals surface area contributed by atoms with Gasteiger partial charge in [-0.3, -0.25) is 0 Å². The van der Waals surface area contributed by atoms with Crippen LogP contribution in [0.25, 0.3) is 0 Å². The second kappa shape index (κ2) is 19.1. The molecular weight excluding hydrogens is 767 g/mol. The molecule has 0 aliphatic heterocycles. The van der Waals surface area contributed by atoms with E-state index in [1.165, 1.54) is 12.1 Å². The average Bonchev–Trinajstić information content (AvgIpc) is 3.22. The van der Waals surface area contributed by atoms with Gasteiger partial charge in [0, 0.05) is 35.9 Å². The van der Waals surface area contributed by atoms with Crippen LogP contribution in [0, 0.1) is 34.3 Å². The summed E-state index contributed by atoms with van der Waals surface area (Å²) >= 11 is 0. The molecule has 4 aromatic carbocycles. The Morgan fingerprint density at radius 3 is 1.30 bits per heavy atom. The quantitative estimate of drug-likeness (QED) is 0.0999. The van der Waals surface area contributed by atoms with Crippen LogP contribution in [0.5, 0.6) is 23.0 Å². The number of hydrogen-bond acceptors (Lipinski definition) is 5. The molecule has 0 spiro atoms. The number of hydrogen-bond donors (Lipinski definition) is 0. The van der Waals surface area contributed by atoms with Gasteiger partial charge in [0.05, 0.1) is 23.4 Å². The molecule has 61 heavy (non-hydrogen) atoms. The minimum Gasteiger partial charge on any atom is -0.454 e. The normalized spacial score (nSPS) is 22.6. The summed E-state index contributed by atoms with van der Waals surface area (Å²) in [4.78, 5) is 0. The lowest BCUT2D eigenvalue weighted by Crippen LogP contribution is -2.46. The molecule has 0 radical (unpaired) electrons. The minimum absolute atomic E-state index is 0.0947. The summed E-state index contributed by atoms with van der Waals surface area (Å²) in [6.45, 7) is 22.7. The van der Waals surface area contributed by atoms with Crippen molar-refractivity contribution in [2.75, 3.05) is 13.2 Å². The summed E-state index contributed by atoms with van der Waals surface area (Å²) in [6, 6.07) is 28.6. The number of rotatable bonds is 18. The summed E-state index contributed by atoms with van der Waals surface area (Å²) in [5, 5.41) is 0. The van der Waals surface area contributed by atoms with Gasteiger partial charge in [-0.15, -0.1) is 0 Å². The van der Waals surface area contributed by atoms with Crippen molar-refractivity contribution in [2.24, 2.45) is 22.7 Å². The summed E-state index contributed by atoms with van der Waals surface area (Å²) in [5.41, 5.74) is 2.00. The van der Waals surface area contributed by atoms with E-state index in [0.29, 0.717) is 37.6 Å². The summed E-state index contributed by atoms with van der Waals surface area (Å²) in [7, 11) is 0. The zero-order chi connectivity index (χ0) is 44.0. The molecule has 0 fully saturated rings. The maximum atomic E-state index is 15.4. The van der Waals surface area contributed by atoms with E-state index < -0.39 is 45.9 Å². The molecule has 0 heterocycles. The van der Waals surface area contributed by atoms with Crippen LogP contribution in [0.4, 0.5) is 8.78 Å². The molecule has 7 heteroatoms. The zero-order valence-electron chi connectivity index (χ0n) is 37.6. The Hall–Kier alpha value is -4.82. The molecule has 0 saturated carbocycles. The number of para-hydroxylation sites is 2. The average molecular weight is 831 g/mol. The molecule has 6 atom stereocenters. The second-order valence-electron chi connectivity index (χ2n) is 18.0. The molecular formula is C54H64F2O5. The predicted molar refractivity (Wildman–Crippen MR) is 242 cm³/mol. The molecule has 2 aliphatic carbocycles. The highest BCUT2D eigenvalue weighted by Crippen LogP contribution is 2.46.